The van der Waals surface area contributed by atoms with Crippen LogP contribution < -0.4 is 10.1 Å². The van der Waals surface area contributed by atoms with Gasteiger partial charge in [0.15, 0.2) is 5.76 Å². The van der Waals surface area contributed by atoms with Crippen LogP contribution in [0.3, 0.4) is 0 Å². The first-order valence-electron chi connectivity index (χ1n) is 9.77. The van der Waals surface area contributed by atoms with Crippen LogP contribution >= 0.6 is 0 Å². The van der Waals surface area contributed by atoms with Gasteiger partial charge in [0, 0.05) is 6.07 Å². The molecule has 0 bridgehead atoms. The van der Waals surface area contributed by atoms with Gasteiger partial charge in [-0.15, -0.1) is 0 Å². The maximum absolute atomic E-state index is 12.5. The molecule has 0 aliphatic rings. The Morgan fingerprint density at radius 1 is 1.00 bits per heavy atom. The third-order valence-electron chi connectivity index (χ3n) is 4.87. The highest BCUT2D eigenvalue weighted by Crippen LogP contribution is 2.30. The molecule has 0 radical (unpaired) electrons. The van der Waals surface area contributed by atoms with E-state index in [2.05, 4.69) is 25.2 Å². The third kappa shape index (κ3) is 5.06. The second-order valence-electron chi connectivity index (χ2n) is 7.52. The van der Waals surface area contributed by atoms with Crippen molar-refractivity contribution < 1.29 is 19.1 Å². The van der Waals surface area contributed by atoms with E-state index in [0.717, 1.165) is 11.1 Å². The van der Waals surface area contributed by atoms with Gasteiger partial charge in [0.25, 0.3) is 11.9 Å². The minimum absolute atomic E-state index is 0.129. The first-order chi connectivity index (χ1) is 13.8. The largest absolute Gasteiger partial charge is 0.426 e. The summed E-state index contributed by atoms with van der Waals surface area (Å²) >= 11 is 0. The smallest absolute Gasteiger partial charge is 0.290 e. The Balaban J connectivity index is 1.67. The topological polar surface area (TPSA) is 71.7 Å². The van der Waals surface area contributed by atoms with E-state index in [1.54, 1.807) is 19.1 Å². The molecule has 5 nitrogen and oxygen atoms in total. The number of carbonyl (C=O) groups is 1. The van der Waals surface area contributed by atoms with Crippen LogP contribution in [0.1, 0.15) is 60.0 Å². The van der Waals surface area contributed by atoms with E-state index in [1.807, 2.05) is 49.4 Å². The number of amides is 1. The van der Waals surface area contributed by atoms with Gasteiger partial charge in [-0.3, -0.25) is 4.79 Å². The zero-order valence-electron chi connectivity index (χ0n) is 17.2. The Hall–Kier alpha value is -3.05. The number of aliphatic hydroxyl groups excluding tert-OH is 1. The molecule has 5 heteroatoms. The second-order valence-corrected chi connectivity index (χ2v) is 7.52. The summed E-state index contributed by atoms with van der Waals surface area (Å²) in [5.41, 5.74) is 2.89. The molecule has 152 valence electrons. The Kier molecular flexibility index (Phi) is 6.39. The Labute approximate surface area is 171 Å². The second kappa shape index (κ2) is 8.97. The zero-order chi connectivity index (χ0) is 21.0. The predicted octanol–water partition coefficient (Wildman–Crippen LogP) is 5.36. The number of nitrogens with one attached hydrogen (secondary N) is 1. The molecule has 0 saturated carbocycles. The molecule has 0 aliphatic heterocycles. The van der Waals surface area contributed by atoms with Crippen molar-refractivity contribution in [3.63, 3.8) is 0 Å². The summed E-state index contributed by atoms with van der Waals surface area (Å²) in [4.78, 5) is 12.5. The van der Waals surface area contributed by atoms with Crippen molar-refractivity contribution in [3.05, 3.63) is 83.1 Å². The highest BCUT2D eigenvalue weighted by atomic mass is 16.6. The number of ether oxygens (including phenoxy) is 1. The summed E-state index contributed by atoms with van der Waals surface area (Å²) in [6.07, 6.45) is -0.813. The van der Waals surface area contributed by atoms with E-state index in [4.69, 9.17) is 9.15 Å². The molecule has 3 rings (SSSR count). The lowest BCUT2D eigenvalue weighted by molar-refractivity contribution is 0.0821. The fourth-order valence-electron chi connectivity index (χ4n) is 2.99. The van der Waals surface area contributed by atoms with Gasteiger partial charge >= 0.3 is 0 Å². The van der Waals surface area contributed by atoms with Crippen molar-refractivity contribution in [2.24, 2.45) is 0 Å². The van der Waals surface area contributed by atoms with Crippen LogP contribution in [0.5, 0.6) is 11.7 Å². The Bertz CT molecular complexity index is 962. The molecule has 2 aromatic carbocycles. The van der Waals surface area contributed by atoms with Crippen molar-refractivity contribution in [1.29, 1.82) is 0 Å². The molecule has 0 aliphatic carbocycles. The van der Waals surface area contributed by atoms with Crippen LogP contribution in [0.4, 0.5) is 0 Å². The van der Waals surface area contributed by atoms with Crippen molar-refractivity contribution in [1.82, 2.24) is 5.32 Å². The lowest BCUT2D eigenvalue weighted by atomic mass is 10.0. The average Bonchev–Trinajstić information content (AvgIpc) is 3.18. The highest BCUT2D eigenvalue weighted by Gasteiger charge is 2.21. The molecule has 29 heavy (non-hydrogen) atoms. The van der Waals surface area contributed by atoms with Gasteiger partial charge in [-0.05, 0) is 48.6 Å². The highest BCUT2D eigenvalue weighted by molar-refractivity contribution is 5.91. The minimum Gasteiger partial charge on any atom is -0.426 e. The minimum atomic E-state index is -0.813. The Morgan fingerprint density at radius 2 is 1.72 bits per heavy atom. The van der Waals surface area contributed by atoms with E-state index in [0.29, 0.717) is 11.7 Å². The first kappa shape index (κ1) is 20.7. The summed E-state index contributed by atoms with van der Waals surface area (Å²) in [7, 11) is 0. The number of carbonyl (C=O) groups excluding carboxylic acids is 1. The molecule has 2 atom stereocenters. The monoisotopic (exact) mass is 393 g/mol. The van der Waals surface area contributed by atoms with Crippen LogP contribution in [0.25, 0.3) is 0 Å². The standard InChI is InChI=1S/C24H27NO4/c1-15(2)19-11-10-16(3)21(14-19)29-22-13-12-20(28-22)24(27)25-17(4)23(26)18-8-6-5-7-9-18/h5-15,17,23,26H,1-4H3,(H,25,27)/t17-,23-/m0/s1. The summed E-state index contributed by atoms with van der Waals surface area (Å²) in [6, 6.07) is 18.0. The van der Waals surface area contributed by atoms with Crippen LogP contribution in [0.15, 0.2) is 65.1 Å². The lowest BCUT2D eigenvalue weighted by Gasteiger charge is -2.20. The summed E-state index contributed by atoms with van der Waals surface area (Å²) in [6.45, 7) is 7.95. The van der Waals surface area contributed by atoms with Gasteiger partial charge in [0.2, 0.25) is 0 Å². The summed E-state index contributed by atoms with van der Waals surface area (Å²) < 4.78 is 11.4. The quantitative estimate of drug-likeness (QED) is 0.567. The van der Waals surface area contributed by atoms with E-state index >= 15 is 0 Å². The predicted molar refractivity (Wildman–Crippen MR) is 112 cm³/mol. The van der Waals surface area contributed by atoms with Gasteiger partial charge in [0.1, 0.15) is 5.75 Å². The van der Waals surface area contributed by atoms with Crippen molar-refractivity contribution >= 4 is 5.91 Å². The Morgan fingerprint density at radius 3 is 2.41 bits per heavy atom. The number of hydrogen-bond acceptors (Lipinski definition) is 4. The van der Waals surface area contributed by atoms with Crippen LogP contribution in [-0.2, 0) is 0 Å². The number of aliphatic hydroxyl groups is 1. The molecule has 0 unspecified atom stereocenters. The molecule has 0 spiro atoms. The van der Waals surface area contributed by atoms with Crippen LogP contribution in [0.2, 0.25) is 0 Å². The molecule has 1 amide bonds. The van der Waals surface area contributed by atoms with Gasteiger partial charge in [-0.2, -0.15) is 0 Å². The molecule has 1 aromatic heterocycles. The summed E-state index contributed by atoms with van der Waals surface area (Å²) in [5.74, 6) is 1.05. The number of benzene rings is 2. The SMILES string of the molecule is Cc1ccc(C(C)C)cc1Oc1ccc(C(=O)N[C@@H](C)[C@H](O)c2ccccc2)o1. The van der Waals surface area contributed by atoms with Gasteiger partial charge in [-0.1, -0.05) is 56.3 Å². The number of rotatable bonds is 7. The number of furan rings is 1. The van der Waals surface area contributed by atoms with E-state index in [9.17, 15) is 9.90 Å². The normalized spacial score (nSPS) is 13.2. The molecule has 0 fully saturated rings. The fraction of sp³-hybridized carbons (Fsp3) is 0.292. The summed E-state index contributed by atoms with van der Waals surface area (Å²) in [5, 5.41) is 13.2. The molecule has 0 saturated heterocycles. The maximum Gasteiger partial charge on any atom is 0.290 e. The average molecular weight is 393 g/mol. The van der Waals surface area contributed by atoms with Crippen LogP contribution in [0, 0.1) is 6.92 Å². The van der Waals surface area contributed by atoms with Gasteiger partial charge in [-0.25, -0.2) is 0 Å². The maximum atomic E-state index is 12.5. The van der Waals surface area contributed by atoms with Crippen LogP contribution in [-0.4, -0.2) is 17.1 Å². The number of hydrogen-bond donors (Lipinski definition) is 2. The molecule has 1 heterocycles. The lowest BCUT2D eigenvalue weighted by Crippen LogP contribution is -2.36. The van der Waals surface area contributed by atoms with Crippen molar-refractivity contribution in [2.75, 3.05) is 0 Å². The van der Waals surface area contributed by atoms with Crippen molar-refractivity contribution in [2.45, 2.75) is 45.8 Å². The van der Waals surface area contributed by atoms with Gasteiger partial charge < -0.3 is 19.6 Å². The molecular weight excluding hydrogens is 366 g/mol. The van der Waals surface area contributed by atoms with Crippen molar-refractivity contribution in [3.8, 4) is 11.7 Å². The zero-order valence-corrected chi connectivity index (χ0v) is 17.2. The third-order valence-corrected chi connectivity index (χ3v) is 4.87. The molecule has 3 aromatic rings. The van der Waals surface area contributed by atoms with E-state index in [1.165, 1.54) is 5.56 Å². The van der Waals surface area contributed by atoms with E-state index in [-0.39, 0.29) is 11.7 Å². The fourth-order valence-corrected chi connectivity index (χ4v) is 2.99. The number of aryl methyl sites for hydroxylation is 1. The molecular formula is C24H27NO4. The van der Waals surface area contributed by atoms with E-state index < -0.39 is 18.1 Å². The first-order valence-corrected chi connectivity index (χ1v) is 9.77. The van der Waals surface area contributed by atoms with Gasteiger partial charge in [0.05, 0.1) is 12.1 Å². The molecule has 2 N–H and O–H groups in total.